The number of rotatable bonds is 2. The molecule has 0 unspecified atom stereocenters. The molecule has 0 N–H and O–H groups in total. The minimum atomic E-state index is -0.346. The smallest absolute Gasteiger partial charge is 0.0672 e. The van der Waals surface area contributed by atoms with Crippen molar-refractivity contribution in [3.8, 4) is 0 Å². The van der Waals surface area contributed by atoms with Crippen molar-refractivity contribution in [3.63, 3.8) is 0 Å². The molecule has 0 radical (unpaired) electrons. The van der Waals surface area contributed by atoms with E-state index in [9.17, 15) is 5.26 Å². The maximum absolute atomic E-state index is 9.93. The Kier molecular flexibility index (Phi) is 2.42. The minimum Gasteiger partial charge on any atom is -0.723 e. The molecule has 2 heteroatoms. The van der Waals surface area contributed by atoms with E-state index in [1.807, 2.05) is 30.3 Å². The van der Waals surface area contributed by atoms with Crippen LogP contribution in [-0.4, -0.2) is 0 Å². The second-order valence-electron chi connectivity index (χ2n) is 2.15. The monoisotopic (exact) mass is 137 g/mol. The first-order valence-electron chi connectivity index (χ1n) is 3.18. The van der Waals surface area contributed by atoms with Crippen molar-refractivity contribution in [2.45, 2.75) is 13.0 Å². The van der Waals surface area contributed by atoms with E-state index in [1.54, 1.807) is 6.92 Å². The molecule has 0 aliphatic rings. The summed E-state index contributed by atoms with van der Waals surface area (Å²) in [7, 11) is 0. The van der Waals surface area contributed by atoms with Gasteiger partial charge >= 0.3 is 0 Å². The van der Waals surface area contributed by atoms with Gasteiger partial charge in [0.05, 0.1) is 6.10 Å². The van der Waals surface area contributed by atoms with Gasteiger partial charge < -0.3 is 10.1 Å². The molecule has 1 atom stereocenters. The molecule has 0 heterocycles. The molecule has 0 amide bonds. The van der Waals surface area contributed by atoms with Gasteiger partial charge in [0, 0.05) is 0 Å². The molecule has 1 aromatic rings. The predicted molar refractivity (Wildman–Crippen MR) is 35.9 cm³/mol. The lowest BCUT2D eigenvalue weighted by Gasteiger charge is -2.15. The van der Waals surface area contributed by atoms with Crippen LogP contribution in [0.5, 0.6) is 0 Å². The highest BCUT2D eigenvalue weighted by Gasteiger charge is 1.97. The van der Waals surface area contributed by atoms with Crippen molar-refractivity contribution < 1.29 is 10.1 Å². The van der Waals surface area contributed by atoms with E-state index in [0.717, 1.165) is 5.56 Å². The zero-order valence-electron chi connectivity index (χ0n) is 5.78. The quantitative estimate of drug-likeness (QED) is 0.450. The second kappa shape index (κ2) is 3.34. The standard InChI is InChI=1S/C8H10O2/c1-7(10-9)8-5-3-2-4-6-8/h2-7,9H,1H3/p-1/t7-/m0/s1. The van der Waals surface area contributed by atoms with Gasteiger partial charge in [0.2, 0.25) is 0 Å². The van der Waals surface area contributed by atoms with Crippen molar-refractivity contribution in [1.82, 2.24) is 0 Å². The van der Waals surface area contributed by atoms with Crippen molar-refractivity contribution in [1.29, 1.82) is 0 Å². The molecule has 0 spiro atoms. The van der Waals surface area contributed by atoms with Crippen LogP contribution >= 0.6 is 0 Å². The number of hydrogen-bond donors (Lipinski definition) is 0. The summed E-state index contributed by atoms with van der Waals surface area (Å²) in [6.07, 6.45) is -0.346. The van der Waals surface area contributed by atoms with Crippen LogP contribution in [0.2, 0.25) is 0 Å². The fourth-order valence-corrected chi connectivity index (χ4v) is 0.780. The van der Waals surface area contributed by atoms with Crippen LogP contribution in [0, 0.1) is 0 Å². The molecule has 2 nitrogen and oxygen atoms in total. The summed E-state index contributed by atoms with van der Waals surface area (Å²) in [6.45, 7) is 1.72. The van der Waals surface area contributed by atoms with Crippen molar-refractivity contribution in [2.75, 3.05) is 0 Å². The molecule has 0 saturated heterocycles. The van der Waals surface area contributed by atoms with Gasteiger partial charge in [0.1, 0.15) is 0 Å². The van der Waals surface area contributed by atoms with Crippen molar-refractivity contribution in [2.24, 2.45) is 0 Å². The molecule has 0 bridgehead atoms. The molecule has 0 fully saturated rings. The highest BCUT2D eigenvalue weighted by atomic mass is 17.1. The average Bonchev–Trinajstić information content (AvgIpc) is 2.05. The Bertz CT molecular complexity index is 184. The Morgan fingerprint density at radius 2 is 1.90 bits per heavy atom. The molecular weight excluding hydrogens is 128 g/mol. The van der Waals surface area contributed by atoms with Gasteiger partial charge in [0.25, 0.3) is 0 Å². The number of benzene rings is 1. The van der Waals surface area contributed by atoms with Crippen molar-refractivity contribution >= 4 is 0 Å². The van der Waals surface area contributed by atoms with E-state index in [0.29, 0.717) is 0 Å². The fourth-order valence-electron chi connectivity index (χ4n) is 0.780. The second-order valence-corrected chi connectivity index (χ2v) is 2.15. The molecule has 0 aliphatic heterocycles. The molecule has 54 valence electrons. The summed E-state index contributed by atoms with van der Waals surface area (Å²) in [4.78, 5) is 3.89. The van der Waals surface area contributed by atoms with E-state index < -0.39 is 0 Å². The van der Waals surface area contributed by atoms with Crippen LogP contribution in [-0.2, 0) is 4.89 Å². The Morgan fingerprint density at radius 1 is 1.30 bits per heavy atom. The SMILES string of the molecule is C[C@H](O[O-])c1ccccc1. The Labute approximate surface area is 60.0 Å². The van der Waals surface area contributed by atoms with Crippen molar-refractivity contribution in [3.05, 3.63) is 35.9 Å². The average molecular weight is 137 g/mol. The van der Waals surface area contributed by atoms with Gasteiger partial charge in [-0.3, -0.25) is 0 Å². The van der Waals surface area contributed by atoms with E-state index in [1.165, 1.54) is 0 Å². The Hall–Kier alpha value is -0.860. The molecule has 0 saturated carbocycles. The van der Waals surface area contributed by atoms with Crippen LogP contribution in [0.3, 0.4) is 0 Å². The van der Waals surface area contributed by atoms with Gasteiger partial charge in [-0.05, 0) is 12.5 Å². The van der Waals surface area contributed by atoms with Gasteiger partial charge in [-0.15, -0.1) is 0 Å². The lowest BCUT2D eigenvalue weighted by molar-refractivity contribution is -0.704. The van der Waals surface area contributed by atoms with E-state index in [2.05, 4.69) is 4.89 Å². The van der Waals surface area contributed by atoms with Gasteiger partial charge in [0.15, 0.2) is 0 Å². The van der Waals surface area contributed by atoms with Gasteiger partial charge in [-0.2, -0.15) is 0 Å². The summed E-state index contributed by atoms with van der Waals surface area (Å²) in [5.41, 5.74) is 0.914. The summed E-state index contributed by atoms with van der Waals surface area (Å²) in [6, 6.07) is 9.39. The zero-order chi connectivity index (χ0) is 7.40. The Balaban J connectivity index is 2.75. The van der Waals surface area contributed by atoms with Crippen LogP contribution in [0.15, 0.2) is 30.3 Å². The van der Waals surface area contributed by atoms with Gasteiger partial charge in [-0.25, -0.2) is 0 Å². The summed E-state index contributed by atoms with van der Waals surface area (Å²) in [5.74, 6) is 0. The summed E-state index contributed by atoms with van der Waals surface area (Å²) < 4.78 is 0. The fraction of sp³-hybridized carbons (Fsp3) is 0.250. The summed E-state index contributed by atoms with van der Waals surface area (Å²) in [5, 5.41) is 9.93. The maximum Gasteiger partial charge on any atom is 0.0672 e. The third-order valence-corrected chi connectivity index (χ3v) is 1.41. The molecule has 1 rings (SSSR count). The summed E-state index contributed by atoms with van der Waals surface area (Å²) >= 11 is 0. The largest absolute Gasteiger partial charge is 0.723 e. The molecule has 0 aromatic heterocycles. The molecule has 10 heavy (non-hydrogen) atoms. The zero-order valence-corrected chi connectivity index (χ0v) is 5.78. The van der Waals surface area contributed by atoms with Crippen LogP contribution in [0.25, 0.3) is 0 Å². The molecular formula is C8H9O2-. The van der Waals surface area contributed by atoms with Crippen LogP contribution in [0.1, 0.15) is 18.6 Å². The lowest BCUT2D eigenvalue weighted by Crippen LogP contribution is -2.09. The van der Waals surface area contributed by atoms with E-state index >= 15 is 0 Å². The Morgan fingerprint density at radius 3 is 2.40 bits per heavy atom. The minimum absolute atomic E-state index is 0.346. The molecule has 0 aliphatic carbocycles. The lowest BCUT2D eigenvalue weighted by atomic mass is 10.1. The normalized spacial score (nSPS) is 13.0. The van der Waals surface area contributed by atoms with Gasteiger partial charge in [-0.1, -0.05) is 30.3 Å². The highest BCUT2D eigenvalue weighted by molar-refractivity contribution is 5.16. The van der Waals surface area contributed by atoms with E-state index in [-0.39, 0.29) is 6.10 Å². The highest BCUT2D eigenvalue weighted by Crippen LogP contribution is 2.12. The topological polar surface area (TPSA) is 32.3 Å². The molecule has 1 aromatic carbocycles. The van der Waals surface area contributed by atoms with Crippen LogP contribution < -0.4 is 5.26 Å². The van der Waals surface area contributed by atoms with E-state index in [4.69, 9.17) is 0 Å². The van der Waals surface area contributed by atoms with Crippen LogP contribution in [0.4, 0.5) is 0 Å². The first kappa shape index (κ1) is 7.25. The third-order valence-electron chi connectivity index (χ3n) is 1.41. The maximum atomic E-state index is 9.93. The third kappa shape index (κ3) is 1.56. The number of hydrogen-bond acceptors (Lipinski definition) is 2. The first-order chi connectivity index (χ1) is 4.84. The predicted octanol–water partition coefficient (Wildman–Crippen LogP) is 1.04. The first-order valence-corrected chi connectivity index (χ1v) is 3.18.